The Kier molecular flexibility index (Phi) is 14.4. The number of nitrogens with zero attached hydrogens (tertiary/aromatic N) is 4. The van der Waals surface area contributed by atoms with Crippen LogP contribution in [0.5, 0.6) is 0 Å². The number of hydrogen-bond acceptors (Lipinski definition) is 15. The Bertz CT molecular complexity index is 2060. The van der Waals surface area contributed by atoms with Crippen molar-refractivity contribution in [2.24, 2.45) is 34.7 Å². The molecule has 5 aliphatic heterocycles. The number of carbonyl (C=O) groups is 4. The number of carbonyl (C=O) groups excluding carboxylic acids is 4. The van der Waals surface area contributed by atoms with Crippen LogP contribution in [0.1, 0.15) is 85.0 Å². The van der Waals surface area contributed by atoms with Crippen LogP contribution in [0.4, 0.5) is 4.79 Å². The van der Waals surface area contributed by atoms with Gasteiger partial charge >= 0.3 is 12.1 Å². The van der Waals surface area contributed by atoms with E-state index in [2.05, 4.69) is 15.5 Å². The molecule has 5 fully saturated rings. The predicted octanol–water partition coefficient (Wildman–Crippen LogP) is 4.37. The Morgan fingerprint density at radius 2 is 1.81 bits per heavy atom. The molecular weight excluding hydrogens is 827 g/mol. The average Bonchev–Trinajstić information content (AvgIpc) is 3.54. The van der Waals surface area contributed by atoms with Gasteiger partial charge in [0, 0.05) is 41.3 Å². The van der Waals surface area contributed by atoms with E-state index < -0.39 is 89.6 Å². The Morgan fingerprint density at radius 1 is 1.06 bits per heavy atom. The molecule has 64 heavy (non-hydrogen) atoms. The first-order chi connectivity index (χ1) is 30.4. The van der Waals surface area contributed by atoms with Crippen molar-refractivity contribution in [2.75, 3.05) is 47.0 Å². The molecule has 2 amide bonds. The topological polar surface area (TPSA) is 197 Å². The molecule has 15 atom stereocenters. The summed E-state index contributed by atoms with van der Waals surface area (Å²) >= 11 is 0. The van der Waals surface area contributed by atoms with Crippen molar-refractivity contribution in [2.45, 2.75) is 135 Å². The molecule has 5 saturated heterocycles. The van der Waals surface area contributed by atoms with Crippen LogP contribution in [-0.4, -0.2) is 156 Å². The second-order valence-electron chi connectivity index (χ2n) is 19.2. The molecular formula is C47H67N5O12. The van der Waals surface area contributed by atoms with Gasteiger partial charge in [-0.3, -0.25) is 24.3 Å². The number of hydrogen-bond donors (Lipinski definition) is 2. The van der Waals surface area contributed by atoms with Crippen LogP contribution in [0, 0.1) is 29.6 Å². The van der Waals surface area contributed by atoms with Crippen LogP contribution in [0.3, 0.4) is 0 Å². The van der Waals surface area contributed by atoms with Crippen molar-refractivity contribution in [1.82, 2.24) is 20.1 Å². The number of ketones is 1. The van der Waals surface area contributed by atoms with Gasteiger partial charge in [-0.2, -0.15) is 0 Å². The Hall–Kier alpha value is -4.26. The summed E-state index contributed by atoms with van der Waals surface area (Å²) in [6, 6.07) is 7.91. The molecule has 0 aliphatic carbocycles. The first-order valence-corrected chi connectivity index (χ1v) is 22.8. The van der Waals surface area contributed by atoms with Crippen molar-refractivity contribution < 1.29 is 57.5 Å². The lowest BCUT2D eigenvalue weighted by Gasteiger charge is -2.48. The van der Waals surface area contributed by atoms with Gasteiger partial charge in [0.25, 0.3) is 5.91 Å². The fourth-order valence-corrected chi connectivity index (χ4v) is 10.9. The quantitative estimate of drug-likeness (QED) is 0.205. The summed E-state index contributed by atoms with van der Waals surface area (Å²) in [5, 5.41) is 20.0. The molecule has 1 aromatic heterocycles. The number of likely N-dealkylation sites (N-methyl/N-ethyl adjacent to an activating group) is 1. The van der Waals surface area contributed by atoms with E-state index in [1.807, 2.05) is 77.9 Å². The Morgan fingerprint density at radius 3 is 2.55 bits per heavy atom. The van der Waals surface area contributed by atoms with Crippen molar-refractivity contribution in [3.05, 3.63) is 42.1 Å². The maximum absolute atomic E-state index is 14.9. The van der Waals surface area contributed by atoms with Crippen LogP contribution in [-0.2, 0) is 42.8 Å². The van der Waals surface area contributed by atoms with Gasteiger partial charge in [-0.25, -0.2) is 4.79 Å². The molecule has 0 radical (unpaired) electrons. The van der Waals surface area contributed by atoms with E-state index >= 15 is 0 Å². The number of aliphatic hydroxyl groups excluding tert-OH is 1. The van der Waals surface area contributed by atoms with E-state index in [1.165, 1.54) is 4.90 Å². The van der Waals surface area contributed by atoms with E-state index in [4.69, 9.17) is 33.3 Å². The zero-order valence-corrected chi connectivity index (χ0v) is 38.9. The summed E-state index contributed by atoms with van der Waals surface area (Å²) in [7, 11) is 3.81. The molecule has 7 rings (SSSR count). The summed E-state index contributed by atoms with van der Waals surface area (Å²) in [6.07, 6.45) is -3.03. The maximum atomic E-state index is 14.9. The largest absolute Gasteiger partial charge is 0.458 e. The molecule has 0 spiro atoms. The monoisotopic (exact) mass is 893 g/mol. The van der Waals surface area contributed by atoms with E-state index in [0.717, 1.165) is 5.39 Å². The highest BCUT2D eigenvalue weighted by Crippen LogP contribution is 2.45. The van der Waals surface area contributed by atoms with Crippen LogP contribution in [0.2, 0.25) is 0 Å². The number of aliphatic hydroxyl groups is 1. The van der Waals surface area contributed by atoms with E-state index in [9.17, 15) is 24.3 Å². The predicted molar refractivity (Wildman–Crippen MR) is 234 cm³/mol. The third-order valence-electron chi connectivity index (χ3n) is 14.3. The molecule has 0 saturated carbocycles. The minimum atomic E-state index is -1.43. The van der Waals surface area contributed by atoms with Crippen LogP contribution in [0.15, 0.2) is 41.7 Å². The maximum Gasteiger partial charge on any atom is 0.411 e. The van der Waals surface area contributed by atoms with Gasteiger partial charge in [-0.05, 0) is 73.2 Å². The normalized spacial score (nSPS) is 39.1. The molecule has 6 heterocycles. The number of pyridine rings is 1. The summed E-state index contributed by atoms with van der Waals surface area (Å²) in [4.78, 5) is 70.6. The number of oxime groups is 1. The summed E-state index contributed by atoms with van der Waals surface area (Å²) < 4.78 is 39.8. The van der Waals surface area contributed by atoms with Gasteiger partial charge in [-0.1, -0.05) is 51.0 Å². The van der Waals surface area contributed by atoms with Gasteiger partial charge in [-0.15, -0.1) is 0 Å². The molecule has 3 unspecified atom stereocenters. The van der Waals surface area contributed by atoms with Gasteiger partial charge in [0.15, 0.2) is 11.9 Å². The molecule has 1 aromatic carbocycles. The van der Waals surface area contributed by atoms with Crippen LogP contribution in [0.25, 0.3) is 10.9 Å². The zero-order valence-electron chi connectivity index (χ0n) is 38.9. The second kappa shape index (κ2) is 19.3. The number of rotatable bonds is 9. The van der Waals surface area contributed by atoms with E-state index in [-0.39, 0.29) is 69.6 Å². The number of aromatic nitrogens is 1. The first kappa shape index (κ1) is 47.7. The molecule has 6 bridgehead atoms. The van der Waals surface area contributed by atoms with Gasteiger partial charge in [0.05, 0.1) is 79.0 Å². The zero-order chi connectivity index (χ0) is 46.2. The fourth-order valence-electron chi connectivity index (χ4n) is 10.9. The Balaban J connectivity index is 1.29. The molecule has 5 aliphatic rings. The molecule has 17 nitrogen and oxygen atoms in total. The summed E-state index contributed by atoms with van der Waals surface area (Å²) in [5.74, 6) is -4.52. The number of benzene rings is 1. The number of Topliss-reactive ketones (excluding diaryl/α,β-unsaturated/α-hetero) is 1. The van der Waals surface area contributed by atoms with Crippen molar-refractivity contribution in [3.8, 4) is 0 Å². The van der Waals surface area contributed by atoms with E-state index in [0.29, 0.717) is 23.2 Å². The molecule has 2 N–H and O–H groups in total. The minimum Gasteiger partial charge on any atom is -0.458 e. The third-order valence-corrected chi connectivity index (χ3v) is 14.3. The van der Waals surface area contributed by atoms with E-state index in [1.54, 1.807) is 33.0 Å². The number of fused-ring (bicyclic) bond motifs is 6. The lowest BCUT2D eigenvalue weighted by atomic mass is 9.73. The third kappa shape index (κ3) is 9.25. The number of amides is 2. The van der Waals surface area contributed by atoms with Crippen molar-refractivity contribution in [1.29, 1.82) is 0 Å². The first-order valence-electron chi connectivity index (χ1n) is 22.8. The highest BCUT2D eigenvalue weighted by molar-refractivity contribution is 6.06. The van der Waals surface area contributed by atoms with Crippen molar-refractivity contribution >= 4 is 40.4 Å². The van der Waals surface area contributed by atoms with Gasteiger partial charge in [0.1, 0.15) is 24.6 Å². The number of esters is 1. The highest BCUT2D eigenvalue weighted by Gasteiger charge is 2.61. The second-order valence-corrected chi connectivity index (χ2v) is 19.2. The molecule has 2 aromatic rings. The van der Waals surface area contributed by atoms with Gasteiger partial charge < -0.3 is 48.6 Å². The number of ether oxygens (including phenoxy) is 6. The smallest absolute Gasteiger partial charge is 0.411 e. The molecule has 352 valence electrons. The van der Waals surface area contributed by atoms with Crippen LogP contribution < -0.4 is 5.32 Å². The number of nitrogens with one attached hydrogen (secondary N) is 1. The highest BCUT2D eigenvalue weighted by atomic mass is 16.7. The standard InChI is InChI=1S/C47H67N5O12/c1-11-36-47(8)40-27(4)37(53)25(2)21-46(7)41(63-44-38(54)35(51(9)10)20-26(3)61-44)28(5)39(29(6)43(56)62-36)58-23-30(24-59-46)34(22-52(40)45(57)64-47)50-60-19-18-49-42(55)32-16-17-48-33-15-13-12-14-31(32)33/h12-17,25-30,35-36,38-41,44,54H,11,18-24H2,1-10H3,(H,49,55)/b50-34-/t25-,26-,27+,28+,29-,30?,35+,36-,38-,39+,40+,41-,44+,46?,47?/m1/s1. The van der Waals surface area contributed by atoms with Crippen LogP contribution >= 0.6 is 0 Å². The summed E-state index contributed by atoms with van der Waals surface area (Å²) in [6.45, 7) is 14.7. The SMILES string of the molecule is CC[C@H]1OC(=O)[C@H](C)[C@H]2OCC3COC(C)(C[C@@H](C)C(=O)[C@H](C)[C@@H]4N(C/C3=N/OCCNC(=O)c3ccnc5ccccc35)C(=O)OC41C)[C@H](O[C@@H]1O[C@H](C)C[C@H](N(C)C)[C@H]1O)[C@H]2C. The average molecular weight is 894 g/mol. The summed E-state index contributed by atoms with van der Waals surface area (Å²) in [5.41, 5.74) is -1.11. The number of cyclic esters (lactones) is 1. The van der Waals surface area contributed by atoms with Crippen molar-refractivity contribution in [3.63, 3.8) is 0 Å². The number of para-hydroxylation sites is 1. The lowest BCUT2D eigenvalue weighted by Crippen LogP contribution is -2.61. The van der Waals surface area contributed by atoms with Gasteiger partial charge in [0.2, 0.25) is 0 Å². The Labute approximate surface area is 375 Å². The lowest BCUT2D eigenvalue weighted by molar-refractivity contribution is -0.302. The minimum absolute atomic E-state index is 0.00215. The fraction of sp³-hybridized carbons (Fsp3) is 0.702. The molecule has 17 heteroatoms.